The number of likely N-dealkylation sites (tertiary alicyclic amines) is 2. The average Bonchev–Trinajstić information content (AvgIpc) is 4.46. The number of azide groups is 1. The quantitative estimate of drug-likeness (QED) is 0.0620. The fourth-order valence-corrected chi connectivity index (χ4v) is 11.6. The number of aromatic nitrogens is 6. The van der Waals surface area contributed by atoms with Crippen LogP contribution in [0.2, 0.25) is 10.0 Å². The molecule has 4 aliphatic rings. The highest BCUT2D eigenvalue weighted by atomic mass is 35.5. The summed E-state index contributed by atoms with van der Waals surface area (Å²) in [6.07, 6.45) is 10.1. The summed E-state index contributed by atoms with van der Waals surface area (Å²) in [6, 6.07) is 13.8. The van der Waals surface area contributed by atoms with Gasteiger partial charge >= 0.3 is 12.2 Å². The van der Waals surface area contributed by atoms with Gasteiger partial charge in [-0.15, -0.1) is 0 Å². The number of alkyl carbamates (subject to hydrolysis) is 2. The number of fused-ring (bicyclic) bond motifs is 2. The highest BCUT2D eigenvalue weighted by Crippen LogP contribution is 2.36. The second kappa shape index (κ2) is 25.0. The summed E-state index contributed by atoms with van der Waals surface area (Å²) in [6.45, 7) is 19.5. The molecule has 6 aromatic rings. The van der Waals surface area contributed by atoms with Gasteiger partial charge in [-0.3, -0.25) is 9.59 Å². The van der Waals surface area contributed by atoms with Gasteiger partial charge in [0.1, 0.15) is 22.8 Å². The third kappa shape index (κ3) is 14.1. The molecule has 4 N–H and O–H groups in total. The van der Waals surface area contributed by atoms with E-state index in [4.69, 9.17) is 64.1 Å². The molecule has 4 aromatic heterocycles. The lowest BCUT2D eigenvalue weighted by atomic mass is 9.97. The van der Waals surface area contributed by atoms with Crippen LogP contribution in [-0.2, 0) is 22.6 Å². The molecule has 0 radical (unpaired) electrons. The molecule has 436 valence electrons. The predicted molar refractivity (Wildman–Crippen MR) is 314 cm³/mol. The van der Waals surface area contributed by atoms with Crippen LogP contribution in [0.1, 0.15) is 159 Å². The number of aryl methyl sites for hydroxylation is 2. The largest absolute Gasteiger partial charge is 0.444 e. The van der Waals surface area contributed by atoms with E-state index in [-0.39, 0.29) is 49.1 Å². The number of carbonyl (C=O) groups is 4. The second-order valence-electron chi connectivity index (χ2n) is 23.6. The zero-order valence-electron chi connectivity index (χ0n) is 48.0. The smallest absolute Gasteiger partial charge is 0.407 e. The summed E-state index contributed by atoms with van der Waals surface area (Å²) in [5.41, 5.74) is 21.0. The third-order valence-electron chi connectivity index (χ3n) is 15.0. The van der Waals surface area contributed by atoms with Crippen molar-refractivity contribution >= 4 is 70.1 Å². The summed E-state index contributed by atoms with van der Waals surface area (Å²) >= 11 is 12.5. The second-order valence-corrected chi connectivity index (χ2v) is 24.5. The molecule has 2 aromatic carbocycles. The number of hydrogen-bond donors (Lipinski definition) is 3. The van der Waals surface area contributed by atoms with Crippen molar-refractivity contribution in [3.05, 3.63) is 126 Å². The van der Waals surface area contributed by atoms with Crippen LogP contribution in [0, 0.1) is 13.8 Å². The van der Waals surface area contributed by atoms with Crippen LogP contribution in [0.5, 0.6) is 0 Å². The SMILES string of the molecule is Cc1cn2nc([C@@H]3CCCCN3C(=O)c3cc(Cl)ccc3CN)cc2nc1N1CC[C@H](NC(=O)OC(C)(C)C)C1.Cc1cn2nc([C@@H]3CCCCN3C(=O)c3cc(Cl)ccc3CN=[N+]=[N-])cc2nc1N1CC[C@H](NC(=O)OC(C)(C)C)C1. The lowest BCUT2D eigenvalue weighted by Gasteiger charge is -2.35. The van der Waals surface area contributed by atoms with E-state index >= 15 is 0 Å². The Bertz CT molecular complexity index is 3400. The number of rotatable bonds is 11. The fraction of sp³-hybridized carbons (Fsp3) is 0.517. The standard InChI is InChI=1S/C29H36ClN9O3.C29H38ClN7O3/c1-18-16-39-25(34-26(18)37-12-10-21(17-37)33-28(41)42-29(2,3)4)14-23(35-39)24-7-5-6-11-38(24)27(40)22-13-20(30)9-8-19(22)15-32-36-31;1-18-16-37-25(33-26(18)35-12-10-21(17-35)32-28(39)40-29(2,3)4)14-23(34-37)24-7-5-6-11-36(24)27(38)22-13-20(30)9-8-19(22)15-31/h8-9,13-14,16,21,24H,5-7,10-12,15,17H2,1-4H3,(H,33,41);8-9,13-14,16,21,24H,5-7,10-12,15,17,31H2,1-4H3,(H,32,39)/t2*21-,24-/m00/s1. The van der Waals surface area contributed by atoms with Gasteiger partial charge in [0.2, 0.25) is 0 Å². The Kier molecular flexibility index (Phi) is 18.1. The number of nitrogens with one attached hydrogen (secondary N) is 2. The minimum atomic E-state index is -0.549. The predicted octanol–water partition coefficient (Wildman–Crippen LogP) is 10.6. The van der Waals surface area contributed by atoms with E-state index in [9.17, 15) is 19.2 Å². The molecule has 4 aliphatic heterocycles. The first-order valence-electron chi connectivity index (χ1n) is 28.2. The van der Waals surface area contributed by atoms with Crippen LogP contribution in [0.4, 0.5) is 21.2 Å². The van der Waals surface area contributed by atoms with Gasteiger partial charge in [-0.2, -0.15) is 10.2 Å². The molecule has 10 rings (SSSR count). The molecule has 0 bridgehead atoms. The Morgan fingerprint density at radius 2 is 1.10 bits per heavy atom. The summed E-state index contributed by atoms with van der Waals surface area (Å²) in [5.74, 6) is 1.49. The molecular formula is C58H74Cl2N16O6. The number of halogens is 2. The molecule has 24 heteroatoms. The highest BCUT2D eigenvalue weighted by molar-refractivity contribution is 6.31. The van der Waals surface area contributed by atoms with Crippen LogP contribution >= 0.6 is 23.2 Å². The van der Waals surface area contributed by atoms with Crippen LogP contribution in [0.3, 0.4) is 0 Å². The third-order valence-corrected chi connectivity index (χ3v) is 15.5. The Hall–Kier alpha value is -7.39. The number of nitrogens with two attached hydrogens (primary N) is 1. The molecule has 4 saturated heterocycles. The molecule has 82 heavy (non-hydrogen) atoms. The minimum Gasteiger partial charge on any atom is -0.444 e. The maximum atomic E-state index is 13.8. The van der Waals surface area contributed by atoms with Crippen LogP contribution in [0.25, 0.3) is 21.7 Å². The number of hydrogen-bond acceptors (Lipinski definition) is 14. The van der Waals surface area contributed by atoms with E-state index in [2.05, 4.69) is 30.5 Å². The molecule has 4 amide bonds. The first-order chi connectivity index (χ1) is 39.0. The Morgan fingerprint density at radius 1 is 0.659 bits per heavy atom. The molecule has 0 aliphatic carbocycles. The number of anilines is 2. The normalized spacial score (nSPS) is 19.4. The monoisotopic (exact) mass is 1160 g/mol. The summed E-state index contributed by atoms with van der Waals surface area (Å²) < 4.78 is 14.4. The highest BCUT2D eigenvalue weighted by Gasteiger charge is 2.35. The summed E-state index contributed by atoms with van der Waals surface area (Å²) in [4.78, 5) is 72.9. The summed E-state index contributed by atoms with van der Waals surface area (Å²) in [5, 5.41) is 20.3. The first-order valence-corrected chi connectivity index (χ1v) is 28.9. The van der Waals surface area contributed by atoms with Gasteiger partial charge in [-0.1, -0.05) is 40.4 Å². The maximum absolute atomic E-state index is 13.8. The zero-order chi connectivity index (χ0) is 58.6. The van der Waals surface area contributed by atoms with Gasteiger partial charge in [0.15, 0.2) is 11.3 Å². The Labute approximate surface area is 487 Å². The molecule has 22 nitrogen and oxygen atoms in total. The van der Waals surface area contributed by atoms with Crippen molar-refractivity contribution in [1.29, 1.82) is 0 Å². The van der Waals surface area contributed by atoms with Crippen LogP contribution in [-0.4, -0.2) is 126 Å². The lowest BCUT2D eigenvalue weighted by molar-refractivity contribution is 0.0497. The summed E-state index contributed by atoms with van der Waals surface area (Å²) in [7, 11) is 0. The molecule has 4 atom stereocenters. The molecule has 4 fully saturated rings. The van der Waals surface area contributed by atoms with Gasteiger partial charge in [-0.05, 0) is 148 Å². The number of ether oxygens (including phenoxy) is 2. The molecule has 8 heterocycles. The first kappa shape index (κ1) is 59.2. The van der Waals surface area contributed by atoms with Crippen molar-refractivity contribution in [2.75, 3.05) is 49.1 Å². The topological polar surface area (TPSA) is 259 Å². The van der Waals surface area contributed by atoms with E-state index < -0.39 is 23.4 Å². The van der Waals surface area contributed by atoms with Gasteiger partial charge in [-0.25, -0.2) is 28.6 Å². The minimum absolute atomic E-state index is 0.0144. The molecule has 0 unspecified atom stereocenters. The van der Waals surface area contributed by atoms with Crippen molar-refractivity contribution in [1.82, 2.24) is 49.6 Å². The number of nitrogens with zero attached hydrogens (tertiary/aromatic N) is 13. The van der Waals surface area contributed by atoms with Crippen molar-refractivity contribution in [2.24, 2.45) is 10.8 Å². The zero-order valence-corrected chi connectivity index (χ0v) is 49.5. The van der Waals surface area contributed by atoms with Gasteiger partial charge in [0.05, 0.1) is 42.1 Å². The van der Waals surface area contributed by atoms with Crippen molar-refractivity contribution < 1.29 is 28.7 Å². The van der Waals surface area contributed by atoms with E-state index in [0.717, 1.165) is 110 Å². The van der Waals surface area contributed by atoms with E-state index in [1.54, 1.807) is 39.4 Å². The number of amides is 4. The van der Waals surface area contributed by atoms with Crippen LogP contribution < -0.4 is 26.2 Å². The van der Waals surface area contributed by atoms with E-state index in [1.165, 1.54) is 0 Å². The van der Waals surface area contributed by atoms with Crippen molar-refractivity contribution in [2.45, 2.75) is 155 Å². The fourth-order valence-electron chi connectivity index (χ4n) is 11.3. The van der Waals surface area contributed by atoms with Crippen molar-refractivity contribution in [3.8, 4) is 0 Å². The molecule has 0 saturated carbocycles. The Morgan fingerprint density at radius 3 is 1.52 bits per heavy atom. The van der Waals surface area contributed by atoms with Gasteiger partial charge < -0.3 is 45.4 Å². The Balaban J connectivity index is 0.000000198. The van der Waals surface area contributed by atoms with E-state index in [0.29, 0.717) is 58.6 Å². The van der Waals surface area contributed by atoms with E-state index in [1.807, 2.05) is 95.8 Å². The lowest BCUT2D eigenvalue weighted by Crippen LogP contribution is -2.40. The maximum Gasteiger partial charge on any atom is 0.407 e. The van der Waals surface area contributed by atoms with Gasteiger partial charge in [0, 0.05) is 108 Å². The number of benzene rings is 2. The number of carbonyl (C=O) groups excluding carboxylic acids is 4. The average molecular weight is 1160 g/mol. The number of piperidine rings is 2. The molecule has 0 spiro atoms. The van der Waals surface area contributed by atoms with Crippen LogP contribution in [0.15, 0.2) is 66.0 Å². The van der Waals surface area contributed by atoms with Gasteiger partial charge in [0.25, 0.3) is 11.8 Å². The molecular weight excluding hydrogens is 1090 g/mol. The van der Waals surface area contributed by atoms with Crippen molar-refractivity contribution in [3.63, 3.8) is 0 Å².